The third-order valence-corrected chi connectivity index (χ3v) is 5.19. The van der Waals surface area contributed by atoms with Gasteiger partial charge in [0.25, 0.3) is 5.91 Å². The molecule has 0 aliphatic carbocycles. The van der Waals surface area contributed by atoms with Crippen molar-refractivity contribution in [2.45, 2.75) is 13.0 Å². The van der Waals surface area contributed by atoms with Crippen molar-refractivity contribution in [2.75, 3.05) is 66.1 Å². The zero-order chi connectivity index (χ0) is 19.9. The second-order valence-electron chi connectivity index (χ2n) is 7.10. The molecular formula is C20H30N4O4. The van der Waals surface area contributed by atoms with E-state index in [0.717, 1.165) is 19.6 Å². The average Bonchev–Trinajstić information content (AvgIpc) is 2.74. The van der Waals surface area contributed by atoms with E-state index in [4.69, 9.17) is 9.47 Å². The number of ether oxygens (including phenoxy) is 2. The summed E-state index contributed by atoms with van der Waals surface area (Å²) >= 11 is 0. The summed E-state index contributed by atoms with van der Waals surface area (Å²) in [6, 6.07) is 7.25. The summed E-state index contributed by atoms with van der Waals surface area (Å²) in [5, 5.41) is 2.85. The third kappa shape index (κ3) is 5.14. The number of hydrogen-bond acceptors (Lipinski definition) is 5. The van der Waals surface area contributed by atoms with Crippen molar-refractivity contribution in [3.8, 4) is 5.75 Å². The largest absolute Gasteiger partial charge is 0.497 e. The van der Waals surface area contributed by atoms with Crippen LogP contribution in [0, 0.1) is 0 Å². The number of rotatable bonds is 5. The summed E-state index contributed by atoms with van der Waals surface area (Å²) in [5.74, 6) is 0.727. The SMILES string of the molecule is CCNC(=O)N1CCO[C@@H](CN2CCN(C(=O)c3cccc(OC)c3)CC2)C1. The predicted octanol–water partition coefficient (Wildman–Crippen LogP) is 0.883. The molecule has 1 aromatic carbocycles. The molecule has 8 heteroatoms. The van der Waals surface area contributed by atoms with Crippen molar-refractivity contribution in [1.29, 1.82) is 0 Å². The van der Waals surface area contributed by atoms with Crippen LogP contribution in [0.3, 0.4) is 0 Å². The normalized spacial score (nSPS) is 20.7. The highest BCUT2D eigenvalue weighted by Gasteiger charge is 2.28. The topological polar surface area (TPSA) is 74.4 Å². The maximum Gasteiger partial charge on any atom is 0.317 e. The molecule has 0 bridgehead atoms. The summed E-state index contributed by atoms with van der Waals surface area (Å²) in [6.07, 6.45) is 0.0111. The number of carbonyl (C=O) groups excluding carboxylic acids is 2. The van der Waals surface area contributed by atoms with Crippen LogP contribution >= 0.6 is 0 Å². The molecule has 28 heavy (non-hydrogen) atoms. The molecule has 2 saturated heterocycles. The lowest BCUT2D eigenvalue weighted by Gasteiger charge is -2.39. The Balaban J connectivity index is 1.47. The maximum atomic E-state index is 12.7. The van der Waals surface area contributed by atoms with Gasteiger partial charge in [0, 0.05) is 57.9 Å². The van der Waals surface area contributed by atoms with E-state index in [1.807, 2.05) is 34.9 Å². The monoisotopic (exact) mass is 390 g/mol. The standard InChI is InChI=1S/C20H30N4O4/c1-3-21-20(26)24-11-12-28-18(15-24)14-22-7-9-23(10-8-22)19(25)16-5-4-6-17(13-16)27-2/h4-6,13,18H,3,7-12,14-15H2,1-2H3,(H,21,26)/t18-/m0/s1. The molecule has 0 saturated carbocycles. The Morgan fingerprint density at radius 1 is 1.18 bits per heavy atom. The van der Waals surface area contributed by atoms with Crippen molar-refractivity contribution in [2.24, 2.45) is 0 Å². The summed E-state index contributed by atoms with van der Waals surface area (Å²) in [6.45, 7) is 8.10. The zero-order valence-electron chi connectivity index (χ0n) is 16.7. The van der Waals surface area contributed by atoms with E-state index in [2.05, 4.69) is 10.2 Å². The van der Waals surface area contributed by atoms with E-state index >= 15 is 0 Å². The number of carbonyl (C=O) groups is 2. The first kappa shape index (κ1) is 20.4. The van der Waals surface area contributed by atoms with E-state index in [0.29, 0.717) is 50.6 Å². The van der Waals surface area contributed by atoms with Crippen LogP contribution in [-0.4, -0.2) is 98.8 Å². The van der Waals surface area contributed by atoms with Crippen molar-refractivity contribution >= 4 is 11.9 Å². The number of hydrogen-bond donors (Lipinski definition) is 1. The minimum absolute atomic E-state index is 0.0111. The molecule has 2 aliphatic rings. The first-order valence-electron chi connectivity index (χ1n) is 9.90. The van der Waals surface area contributed by atoms with Gasteiger partial charge in [0.15, 0.2) is 0 Å². The maximum absolute atomic E-state index is 12.7. The second kappa shape index (κ2) is 9.75. The number of nitrogens with one attached hydrogen (secondary N) is 1. The Hall–Kier alpha value is -2.32. The van der Waals surface area contributed by atoms with Crippen LogP contribution in [0.25, 0.3) is 0 Å². The fraction of sp³-hybridized carbons (Fsp3) is 0.600. The Morgan fingerprint density at radius 2 is 1.96 bits per heavy atom. The van der Waals surface area contributed by atoms with Crippen LogP contribution in [0.5, 0.6) is 5.75 Å². The van der Waals surface area contributed by atoms with Crippen LogP contribution in [0.1, 0.15) is 17.3 Å². The van der Waals surface area contributed by atoms with Gasteiger partial charge >= 0.3 is 6.03 Å². The van der Waals surface area contributed by atoms with Gasteiger partial charge in [-0.05, 0) is 25.1 Å². The van der Waals surface area contributed by atoms with Gasteiger partial charge < -0.3 is 24.6 Å². The van der Waals surface area contributed by atoms with Crippen LogP contribution in [0.2, 0.25) is 0 Å². The summed E-state index contributed by atoms with van der Waals surface area (Å²) in [4.78, 5) is 30.8. The lowest BCUT2D eigenvalue weighted by atomic mass is 10.1. The van der Waals surface area contributed by atoms with Gasteiger partial charge in [0.2, 0.25) is 0 Å². The molecule has 3 amide bonds. The molecule has 154 valence electrons. The number of methoxy groups -OCH3 is 1. The van der Waals surface area contributed by atoms with E-state index in [9.17, 15) is 9.59 Å². The highest BCUT2D eigenvalue weighted by molar-refractivity contribution is 5.94. The molecule has 1 atom stereocenters. The zero-order valence-corrected chi connectivity index (χ0v) is 16.7. The average molecular weight is 390 g/mol. The lowest BCUT2D eigenvalue weighted by Crippen LogP contribution is -2.55. The minimum Gasteiger partial charge on any atom is -0.497 e. The van der Waals surface area contributed by atoms with Gasteiger partial charge in [-0.3, -0.25) is 9.69 Å². The summed E-state index contributed by atoms with van der Waals surface area (Å²) in [7, 11) is 1.60. The van der Waals surface area contributed by atoms with E-state index in [1.165, 1.54) is 0 Å². The molecule has 2 aliphatic heterocycles. The number of benzene rings is 1. The molecule has 2 fully saturated rings. The van der Waals surface area contributed by atoms with Crippen LogP contribution in [0.15, 0.2) is 24.3 Å². The number of urea groups is 1. The van der Waals surface area contributed by atoms with Crippen molar-refractivity contribution in [1.82, 2.24) is 20.0 Å². The van der Waals surface area contributed by atoms with Gasteiger partial charge in [-0.25, -0.2) is 4.79 Å². The van der Waals surface area contributed by atoms with Gasteiger partial charge in [-0.2, -0.15) is 0 Å². The van der Waals surface area contributed by atoms with E-state index in [-0.39, 0.29) is 18.0 Å². The van der Waals surface area contributed by atoms with Gasteiger partial charge in [-0.15, -0.1) is 0 Å². The molecule has 0 radical (unpaired) electrons. The molecule has 8 nitrogen and oxygen atoms in total. The Kier molecular flexibility index (Phi) is 7.11. The summed E-state index contributed by atoms with van der Waals surface area (Å²) < 4.78 is 11.1. The number of piperazine rings is 1. The van der Waals surface area contributed by atoms with Crippen molar-refractivity contribution in [3.63, 3.8) is 0 Å². The first-order chi connectivity index (χ1) is 13.6. The third-order valence-electron chi connectivity index (χ3n) is 5.19. The van der Waals surface area contributed by atoms with Crippen molar-refractivity contribution in [3.05, 3.63) is 29.8 Å². The molecule has 3 rings (SSSR count). The van der Waals surface area contributed by atoms with Crippen molar-refractivity contribution < 1.29 is 19.1 Å². The Labute approximate surface area is 166 Å². The summed E-state index contributed by atoms with van der Waals surface area (Å²) in [5.41, 5.74) is 0.654. The predicted molar refractivity (Wildman–Crippen MR) is 106 cm³/mol. The number of nitrogens with zero attached hydrogens (tertiary/aromatic N) is 3. The molecule has 2 heterocycles. The number of amides is 3. The highest BCUT2D eigenvalue weighted by Crippen LogP contribution is 2.16. The fourth-order valence-corrected chi connectivity index (χ4v) is 3.64. The van der Waals surface area contributed by atoms with Gasteiger partial charge in [0.05, 0.1) is 19.8 Å². The van der Waals surface area contributed by atoms with Gasteiger partial charge in [0.1, 0.15) is 5.75 Å². The lowest BCUT2D eigenvalue weighted by molar-refractivity contribution is -0.0352. The molecule has 0 aromatic heterocycles. The quantitative estimate of drug-likeness (QED) is 0.808. The second-order valence-corrected chi connectivity index (χ2v) is 7.10. The van der Waals surface area contributed by atoms with Crippen LogP contribution < -0.4 is 10.1 Å². The highest BCUT2D eigenvalue weighted by atomic mass is 16.5. The van der Waals surface area contributed by atoms with Crippen LogP contribution in [0.4, 0.5) is 4.79 Å². The molecular weight excluding hydrogens is 360 g/mol. The molecule has 1 aromatic rings. The first-order valence-corrected chi connectivity index (χ1v) is 9.90. The molecule has 0 unspecified atom stereocenters. The smallest absolute Gasteiger partial charge is 0.317 e. The molecule has 1 N–H and O–H groups in total. The van der Waals surface area contributed by atoms with Gasteiger partial charge in [-0.1, -0.05) is 6.07 Å². The fourth-order valence-electron chi connectivity index (χ4n) is 3.64. The number of morpholine rings is 1. The minimum atomic E-state index is -0.0236. The van der Waals surface area contributed by atoms with E-state index in [1.54, 1.807) is 13.2 Å². The Bertz CT molecular complexity index is 676. The molecule has 0 spiro atoms. The van der Waals surface area contributed by atoms with E-state index < -0.39 is 0 Å². The van der Waals surface area contributed by atoms with Crippen LogP contribution in [-0.2, 0) is 4.74 Å². The Morgan fingerprint density at radius 3 is 2.68 bits per heavy atom.